The highest BCUT2D eigenvalue weighted by atomic mass is 32.2. The topological polar surface area (TPSA) is 126 Å². The molecule has 1 fully saturated rings. The molecule has 1 aromatic heterocycles. The number of carbonyl (C=O) groups is 2. The van der Waals surface area contributed by atoms with Crippen LogP contribution in [0.5, 0.6) is 0 Å². The number of benzene rings is 1. The normalized spacial score (nSPS) is 18.2. The third-order valence-corrected chi connectivity index (χ3v) is 15.2. The molecule has 0 bridgehead atoms. The summed E-state index contributed by atoms with van der Waals surface area (Å²) < 4.78 is 95.3. The summed E-state index contributed by atoms with van der Waals surface area (Å²) in [5.74, 6) is -6.02. The summed E-state index contributed by atoms with van der Waals surface area (Å²) >= 11 is 0. The minimum atomic E-state index is -4.95. The molecule has 17 heteroatoms. The Labute approximate surface area is 283 Å². The fraction of sp³-hybridized carbons (Fsp3) is 0.531. The zero-order valence-electron chi connectivity index (χ0n) is 28.5. The summed E-state index contributed by atoms with van der Waals surface area (Å²) in [6.07, 6.45) is -2.41. The van der Waals surface area contributed by atoms with Crippen LogP contribution in [-0.4, -0.2) is 73.6 Å². The van der Waals surface area contributed by atoms with Crippen LogP contribution < -0.4 is 10.2 Å². The van der Waals surface area contributed by atoms with Gasteiger partial charge in [-0.05, 0) is 55.2 Å². The van der Waals surface area contributed by atoms with Crippen LogP contribution in [0.4, 0.5) is 33.5 Å². The van der Waals surface area contributed by atoms with Crippen molar-refractivity contribution in [3.8, 4) is 0 Å². The number of alkyl halides is 5. The van der Waals surface area contributed by atoms with Crippen LogP contribution in [-0.2, 0) is 25.1 Å². The number of halogens is 5. The molecule has 0 spiro atoms. The predicted octanol–water partition coefficient (Wildman–Crippen LogP) is 7.45. The molecule has 10 nitrogen and oxygen atoms in total. The number of nitrogens with zero attached hydrogens (tertiary/aromatic N) is 5. The van der Waals surface area contributed by atoms with Gasteiger partial charge in [0.05, 0.1) is 21.2 Å². The highest BCUT2D eigenvalue weighted by molar-refractivity contribution is 7.93. The maximum atomic E-state index is 14.5. The molecule has 2 aromatic rings. The van der Waals surface area contributed by atoms with Crippen LogP contribution in [0.25, 0.3) is 0 Å². The molecule has 3 heterocycles. The Bertz CT molecular complexity index is 1790. The average molecular weight is 729 g/mol. The molecule has 1 aromatic carbocycles. The van der Waals surface area contributed by atoms with E-state index in [2.05, 4.69) is 24.9 Å². The number of aromatic nitrogens is 1. The summed E-state index contributed by atoms with van der Waals surface area (Å²) in [5.41, 5.74) is -1.82. The second kappa shape index (κ2) is 14.0. The molecule has 49 heavy (non-hydrogen) atoms. The number of rotatable bonds is 8. The number of pyridine rings is 1. The fourth-order valence-electron chi connectivity index (χ4n) is 5.25. The summed E-state index contributed by atoms with van der Waals surface area (Å²) in [7, 11) is -5.59. The summed E-state index contributed by atoms with van der Waals surface area (Å²) in [4.78, 5) is 32.0. The van der Waals surface area contributed by atoms with Gasteiger partial charge >= 0.3 is 6.18 Å². The van der Waals surface area contributed by atoms with Gasteiger partial charge in [0.15, 0.2) is 14.0 Å². The summed E-state index contributed by atoms with van der Waals surface area (Å²) in [6, 6.07) is 5.76. The molecular weight excluding hydrogens is 688 g/mol. The van der Waals surface area contributed by atoms with Crippen molar-refractivity contribution in [2.24, 2.45) is 14.6 Å². The van der Waals surface area contributed by atoms with E-state index in [0.29, 0.717) is 0 Å². The first-order chi connectivity index (χ1) is 22.5. The van der Waals surface area contributed by atoms with Crippen molar-refractivity contribution in [2.75, 3.05) is 36.2 Å². The molecule has 1 saturated heterocycles. The lowest BCUT2D eigenvalue weighted by molar-refractivity contribution is -0.141. The van der Waals surface area contributed by atoms with Gasteiger partial charge in [-0.25, -0.2) is 18.0 Å². The summed E-state index contributed by atoms with van der Waals surface area (Å²) in [6.45, 7) is 10.6. The number of nitrogens with one attached hydrogen (secondary N) is 1. The molecule has 1 N–H and O–H groups in total. The standard InChI is InChI=1S/C32H41F5N6O4SSi/c1-20-25(21-17-38-39-18-21)27(32(35,36)37)41-28(43-14-9-12-31(33,34)13-15-43)26(20)29(45)40-22-10-8-11-23(16-22)48(5,46)42-24(44)19-47-49(6,7)30(2,3)4/h8,10-11,16-18,21H,9,12-15,19H2,1-7H3,(H,40,45)/t48-/m1/s1. The van der Waals surface area contributed by atoms with Crippen LogP contribution in [0.3, 0.4) is 0 Å². The summed E-state index contributed by atoms with van der Waals surface area (Å²) in [5, 5.41) is 9.81. The van der Waals surface area contributed by atoms with E-state index in [4.69, 9.17) is 4.43 Å². The molecule has 0 aliphatic carbocycles. The third-order valence-electron chi connectivity index (χ3n) is 9.01. The number of anilines is 2. The van der Waals surface area contributed by atoms with E-state index < -0.39 is 66.4 Å². The van der Waals surface area contributed by atoms with Crippen molar-refractivity contribution in [2.45, 2.75) is 88.0 Å². The van der Waals surface area contributed by atoms with E-state index in [-0.39, 0.29) is 64.2 Å². The van der Waals surface area contributed by atoms with Gasteiger partial charge < -0.3 is 14.6 Å². The van der Waals surface area contributed by atoms with Gasteiger partial charge in [0, 0.05) is 60.8 Å². The molecule has 268 valence electrons. The average Bonchev–Trinajstić information content (AvgIpc) is 3.44. The van der Waals surface area contributed by atoms with E-state index in [9.17, 15) is 35.8 Å². The molecule has 2 aliphatic rings. The SMILES string of the molecule is Cc1c(C(=O)Nc2cccc([S@@](C)(=O)=NC(=O)CO[Si](C)(C)C(C)(C)C)c2)c(N2CCCC(F)(F)CC2)nc(C(F)(F)F)c1C1C=NN=C1. The first-order valence-corrected chi connectivity index (χ1v) is 20.5. The molecule has 0 radical (unpaired) electrons. The lowest BCUT2D eigenvalue weighted by Crippen LogP contribution is -2.42. The van der Waals surface area contributed by atoms with Crippen LogP contribution in [0.2, 0.25) is 18.1 Å². The largest absolute Gasteiger partial charge is 0.433 e. The van der Waals surface area contributed by atoms with Crippen LogP contribution >= 0.6 is 0 Å². The maximum Gasteiger partial charge on any atom is 0.433 e. The van der Waals surface area contributed by atoms with E-state index in [1.54, 1.807) is 0 Å². The molecule has 4 rings (SSSR count). The minimum Gasteiger partial charge on any atom is -0.407 e. The Morgan fingerprint density at radius 2 is 1.78 bits per heavy atom. The highest BCUT2D eigenvalue weighted by Crippen LogP contribution is 2.41. The van der Waals surface area contributed by atoms with Crippen molar-refractivity contribution in [3.63, 3.8) is 0 Å². The predicted molar refractivity (Wildman–Crippen MR) is 182 cm³/mol. The van der Waals surface area contributed by atoms with Crippen molar-refractivity contribution in [3.05, 3.63) is 46.6 Å². The lowest BCUT2D eigenvalue weighted by atomic mass is 9.91. The number of hydrogen-bond donors (Lipinski definition) is 1. The minimum absolute atomic E-state index is 0.0319. The molecular formula is C32H41F5N6O4SSi. The van der Waals surface area contributed by atoms with E-state index in [1.165, 1.54) is 54.8 Å². The van der Waals surface area contributed by atoms with Gasteiger partial charge in [-0.2, -0.15) is 27.7 Å². The Morgan fingerprint density at radius 1 is 1.12 bits per heavy atom. The van der Waals surface area contributed by atoms with Crippen LogP contribution in [0.1, 0.15) is 73.1 Å². The zero-order chi connectivity index (χ0) is 36.6. The Balaban J connectivity index is 1.73. The van der Waals surface area contributed by atoms with Crippen molar-refractivity contribution >= 4 is 53.8 Å². The molecule has 1 atom stereocenters. The van der Waals surface area contributed by atoms with Gasteiger partial charge in [-0.15, -0.1) is 0 Å². The second-order valence-corrected chi connectivity index (χ2v) is 20.8. The Hall–Kier alpha value is -3.57. The van der Waals surface area contributed by atoms with Gasteiger partial charge in [0.1, 0.15) is 12.4 Å². The fourth-order valence-corrected chi connectivity index (χ4v) is 7.39. The number of amides is 2. The molecule has 2 amide bonds. The molecule has 0 unspecified atom stereocenters. The number of hydrogen-bond acceptors (Lipinski definition) is 8. The molecule has 0 saturated carbocycles. The van der Waals surface area contributed by atoms with Gasteiger partial charge in [0.25, 0.3) is 11.8 Å². The van der Waals surface area contributed by atoms with Gasteiger partial charge in [-0.1, -0.05) is 26.8 Å². The van der Waals surface area contributed by atoms with E-state index in [0.717, 1.165) is 0 Å². The van der Waals surface area contributed by atoms with Gasteiger partial charge in [0.2, 0.25) is 5.92 Å². The first-order valence-electron chi connectivity index (χ1n) is 15.6. The van der Waals surface area contributed by atoms with Crippen molar-refractivity contribution in [1.82, 2.24) is 4.98 Å². The lowest BCUT2D eigenvalue weighted by Gasteiger charge is -2.35. The Kier molecular flexibility index (Phi) is 10.9. The van der Waals surface area contributed by atoms with E-state index >= 15 is 0 Å². The second-order valence-electron chi connectivity index (χ2n) is 13.8. The van der Waals surface area contributed by atoms with Crippen LogP contribution in [0.15, 0.2) is 43.7 Å². The monoisotopic (exact) mass is 728 g/mol. The maximum absolute atomic E-state index is 14.5. The Morgan fingerprint density at radius 3 is 2.39 bits per heavy atom. The zero-order valence-corrected chi connectivity index (χ0v) is 30.3. The van der Waals surface area contributed by atoms with Gasteiger partial charge in [-0.3, -0.25) is 9.59 Å². The molecule has 2 aliphatic heterocycles. The number of carbonyl (C=O) groups excluding carboxylic acids is 2. The smallest absolute Gasteiger partial charge is 0.407 e. The highest BCUT2D eigenvalue weighted by Gasteiger charge is 2.42. The first kappa shape index (κ1) is 38.2. The quantitative estimate of drug-likeness (QED) is 0.223. The third kappa shape index (κ3) is 8.97. The van der Waals surface area contributed by atoms with E-state index in [1.807, 2.05) is 33.9 Å². The van der Waals surface area contributed by atoms with Crippen molar-refractivity contribution in [1.29, 1.82) is 0 Å². The van der Waals surface area contributed by atoms with Crippen LogP contribution in [0, 0.1) is 6.92 Å². The van der Waals surface area contributed by atoms with Crippen molar-refractivity contribution < 1.29 is 40.2 Å².